The lowest BCUT2D eigenvalue weighted by molar-refractivity contribution is -0.384. The first-order valence-electron chi connectivity index (χ1n) is 7.67. The van der Waals surface area contributed by atoms with Gasteiger partial charge < -0.3 is 14.4 Å². The monoisotopic (exact) mass is 350 g/mol. The summed E-state index contributed by atoms with van der Waals surface area (Å²) in [7, 11) is 2.83. The van der Waals surface area contributed by atoms with Crippen molar-refractivity contribution in [2.45, 2.75) is 6.92 Å². The summed E-state index contributed by atoms with van der Waals surface area (Å²) in [4.78, 5) is 35.5. The number of hydrogen-bond acceptors (Lipinski definition) is 6. The Morgan fingerprint density at radius 2 is 1.92 bits per heavy atom. The first kappa shape index (κ1) is 20.3. The van der Waals surface area contributed by atoms with Gasteiger partial charge in [0.1, 0.15) is 0 Å². The number of nitro benzene ring substituents is 1. The highest BCUT2D eigenvalue weighted by atomic mass is 16.6. The molecule has 0 heterocycles. The van der Waals surface area contributed by atoms with Crippen molar-refractivity contribution < 1.29 is 24.0 Å². The van der Waals surface area contributed by atoms with Crippen LogP contribution in [0.25, 0.3) is 6.08 Å². The van der Waals surface area contributed by atoms with Crippen LogP contribution in [0.15, 0.2) is 30.3 Å². The summed E-state index contributed by atoms with van der Waals surface area (Å²) < 4.78 is 9.67. The van der Waals surface area contributed by atoms with Gasteiger partial charge in [0, 0.05) is 38.4 Å². The number of hydrogen-bond donors (Lipinski definition) is 0. The van der Waals surface area contributed by atoms with E-state index in [9.17, 15) is 19.7 Å². The highest BCUT2D eigenvalue weighted by Gasteiger charge is 2.20. The maximum Gasteiger partial charge on any atom is 0.310 e. The normalized spacial score (nSPS) is 12.0. The summed E-state index contributed by atoms with van der Waals surface area (Å²) in [6.07, 6.45) is 2.93. The lowest BCUT2D eigenvalue weighted by Gasteiger charge is -2.23. The van der Waals surface area contributed by atoms with E-state index in [1.165, 1.54) is 37.3 Å². The zero-order valence-electron chi connectivity index (χ0n) is 14.5. The van der Waals surface area contributed by atoms with Gasteiger partial charge in [-0.1, -0.05) is 6.92 Å². The van der Waals surface area contributed by atoms with Crippen molar-refractivity contribution in [1.29, 1.82) is 0 Å². The van der Waals surface area contributed by atoms with Crippen LogP contribution in [0.3, 0.4) is 0 Å². The van der Waals surface area contributed by atoms with Crippen molar-refractivity contribution in [3.8, 4) is 0 Å². The van der Waals surface area contributed by atoms with E-state index >= 15 is 0 Å². The minimum atomic E-state index is -0.487. The Hall–Kier alpha value is -2.74. The fourth-order valence-corrected chi connectivity index (χ4v) is 2.08. The number of carbonyl (C=O) groups excluding carboxylic acids is 2. The summed E-state index contributed by atoms with van der Waals surface area (Å²) in [5, 5.41) is 10.6. The second-order valence-electron chi connectivity index (χ2n) is 5.38. The second kappa shape index (κ2) is 10.2. The van der Waals surface area contributed by atoms with Gasteiger partial charge in [-0.3, -0.25) is 19.7 Å². The average Bonchev–Trinajstić information content (AvgIpc) is 2.62. The smallest absolute Gasteiger partial charge is 0.310 e. The van der Waals surface area contributed by atoms with Crippen LogP contribution in [0.4, 0.5) is 5.69 Å². The predicted molar refractivity (Wildman–Crippen MR) is 91.8 cm³/mol. The maximum absolute atomic E-state index is 12.4. The van der Waals surface area contributed by atoms with E-state index in [1.807, 2.05) is 0 Å². The maximum atomic E-state index is 12.4. The van der Waals surface area contributed by atoms with Crippen LogP contribution in [0, 0.1) is 16.0 Å². The lowest BCUT2D eigenvalue weighted by Crippen LogP contribution is -2.38. The van der Waals surface area contributed by atoms with E-state index in [0.29, 0.717) is 18.7 Å². The molecule has 0 radical (unpaired) electrons. The van der Waals surface area contributed by atoms with Crippen LogP contribution in [-0.4, -0.2) is 55.6 Å². The highest BCUT2D eigenvalue weighted by molar-refractivity contribution is 5.92. The Morgan fingerprint density at radius 1 is 1.28 bits per heavy atom. The van der Waals surface area contributed by atoms with Crippen LogP contribution < -0.4 is 0 Å². The topological polar surface area (TPSA) is 99.0 Å². The van der Waals surface area contributed by atoms with E-state index in [4.69, 9.17) is 4.74 Å². The number of ether oxygens (including phenoxy) is 2. The van der Waals surface area contributed by atoms with Gasteiger partial charge in [-0.05, 0) is 23.8 Å². The zero-order valence-corrected chi connectivity index (χ0v) is 14.5. The van der Waals surface area contributed by atoms with Gasteiger partial charge in [0.25, 0.3) is 5.69 Å². The third-order valence-electron chi connectivity index (χ3n) is 3.50. The van der Waals surface area contributed by atoms with Gasteiger partial charge in [0.2, 0.25) is 5.91 Å². The fraction of sp³-hybridized carbons (Fsp3) is 0.412. The van der Waals surface area contributed by atoms with E-state index in [2.05, 4.69) is 4.74 Å². The second-order valence-corrected chi connectivity index (χ2v) is 5.38. The number of rotatable bonds is 9. The van der Waals surface area contributed by atoms with Gasteiger partial charge in [0.15, 0.2) is 0 Å². The summed E-state index contributed by atoms with van der Waals surface area (Å²) in [6, 6.07) is 5.84. The Kier molecular flexibility index (Phi) is 8.28. The van der Waals surface area contributed by atoms with E-state index in [-0.39, 0.29) is 18.1 Å². The van der Waals surface area contributed by atoms with Crippen molar-refractivity contribution >= 4 is 23.6 Å². The predicted octanol–water partition coefficient (Wildman–Crippen LogP) is 1.89. The van der Waals surface area contributed by atoms with Gasteiger partial charge in [-0.15, -0.1) is 0 Å². The van der Waals surface area contributed by atoms with Crippen LogP contribution in [0.1, 0.15) is 12.5 Å². The van der Waals surface area contributed by atoms with Gasteiger partial charge >= 0.3 is 5.97 Å². The molecule has 0 bridgehead atoms. The van der Waals surface area contributed by atoms with Crippen molar-refractivity contribution in [3.05, 3.63) is 46.0 Å². The zero-order chi connectivity index (χ0) is 18.8. The quantitative estimate of drug-likeness (QED) is 0.292. The number of nitro groups is 1. The van der Waals surface area contributed by atoms with Gasteiger partial charge in [-0.25, -0.2) is 0 Å². The van der Waals surface area contributed by atoms with Crippen LogP contribution in [-0.2, 0) is 19.1 Å². The number of carbonyl (C=O) groups is 2. The molecule has 0 aromatic heterocycles. The molecule has 136 valence electrons. The number of nitrogens with zero attached hydrogens (tertiary/aromatic N) is 2. The number of esters is 1. The molecule has 1 atom stereocenters. The molecule has 0 N–H and O–H groups in total. The molecule has 25 heavy (non-hydrogen) atoms. The Bertz CT molecular complexity index is 627. The van der Waals surface area contributed by atoms with E-state index in [0.717, 1.165) is 0 Å². The van der Waals surface area contributed by atoms with Gasteiger partial charge in [-0.2, -0.15) is 0 Å². The summed E-state index contributed by atoms with van der Waals surface area (Å²) >= 11 is 0. The Morgan fingerprint density at radius 3 is 2.44 bits per heavy atom. The molecule has 0 saturated carbocycles. The van der Waals surface area contributed by atoms with E-state index in [1.54, 1.807) is 25.1 Å². The summed E-state index contributed by atoms with van der Waals surface area (Å²) in [6.45, 7) is 2.56. The molecule has 1 aromatic carbocycles. The molecule has 1 amide bonds. The lowest BCUT2D eigenvalue weighted by atomic mass is 10.1. The molecule has 0 aliphatic heterocycles. The van der Waals surface area contributed by atoms with Crippen molar-refractivity contribution in [2.24, 2.45) is 5.92 Å². The van der Waals surface area contributed by atoms with E-state index < -0.39 is 16.8 Å². The third kappa shape index (κ3) is 6.72. The minimum Gasteiger partial charge on any atom is -0.469 e. The van der Waals surface area contributed by atoms with Crippen molar-refractivity contribution in [1.82, 2.24) is 4.90 Å². The van der Waals surface area contributed by atoms with Crippen molar-refractivity contribution in [2.75, 3.05) is 33.9 Å². The van der Waals surface area contributed by atoms with Crippen LogP contribution >= 0.6 is 0 Å². The number of methoxy groups -OCH3 is 2. The first-order valence-corrected chi connectivity index (χ1v) is 7.67. The molecule has 0 saturated heterocycles. The van der Waals surface area contributed by atoms with Crippen LogP contribution in [0.2, 0.25) is 0 Å². The largest absolute Gasteiger partial charge is 0.469 e. The molecule has 0 fully saturated rings. The molecule has 1 aromatic rings. The Labute approximate surface area is 146 Å². The summed E-state index contributed by atoms with van der Waals surface area (Å²) in [5.74, 6) is -1.14. The molecule has 0 aliphatic rings. The molecular formula is C17H22N2O6. The Balaban J connectivity index is 2.78. The fourth-order valence-electron chi connectivity index (χ4n) is 2.08. The molecule has 0 aliphatic carbocycles. The van der Waals surface area contributed by atoms with Gasteiger partial charge in [0.05, 0.1) is 24.6 Å². The number of amides is 1. The molecule has 8 nitrogen and oxygen atoms in total. The van der Waals surface area contributed by atoms with Crippen LogP contribution in [0.5, 0.6) is 0 Å². The van der Waals surface area contributed by atoms with Crippen molar-refractivity contribution in [3.63, 3.8) is 0 Å². The number of benzene rings is 1. The molecule has 1 unspecified atom stereocenters. The molecule has 8 heteroatoms. The molecule has 1 rings (SSSR count). The molecule has 0 spiro atoms. The molecular weight excluding hydrogens is 328 g/mol. The minimum absolute atomic E-state index is 0.0166. The first-order chi connectivity index (χ1) is 11.9. The SMILES string of the molecule is COCCN(CC(C)C(=O)OC)C(=O)/C=C/c1ccc([N+](=O)[O-])cc1. The average molecular weight is 350 g/mol. The third-order valence-corrected chi connectivity index (χ3v) is 3.50. The standard InChI is InChI=1S/C17H22N2O6/c1-13(17(21)25-3)12-18(10-11-24-2)16(20)9-6-14-4-7-15(8-5-14)19(22)23/h4-9,13H,10-12H2,1-3H3/b9-6+. The summed E-state index contributed by atoms with van der Waals surface area (Å²) in [5.41, 5.74) is 0.642. The number of non-ortho nitro benzene ring substituents is 1. The highest BCUT2D eigenvalue weighted by Crippen LogP contribution is 2.13.